The monoisotopic (exact) mass is 355 g/mol. The molecule has 0 aliphatic carbocycles. The molecule has 0 radical (unpaired) electrons. The first-order chi connectivity index (χ1) is 11.1. The van der Waals surface area contributed by atoms with Crippen LogP contribution in [0.4, 0.5) is 5.69 Å². The third kappa shape index (κ3) is 5.78. The van der Waals surface area contributed by atoms with Crippen LogP contribution in [0.3, 0.4) is 0 Å². The highest BCUT2D eigenvalue weighted by Crippen LogP contribution is 2.13. The topological polar surface area (TPSA) is 70.7 Å². The predicted molar refractivity (Wildman–Crippen MR) is 96.8 cm³/mol. The quantitative estimate of drug-likeness (QED) is 0.817. The lowest BCUT2D eigenvalue weighted by molar-refractivity contribution is -0.119. The Balaban J connectivity index is 0.00000288. The first-order valence-corrected chi connectivity index (χ1v) is 8.15. The lowest BCUT2D eigenvalue weighted by atomic mass is 10.1. The van der Waals surface area contributed by atoms with Gasteiger partial charge in [-0.05, 0) is 38.1 Å². The molecule has 0 spiro atoms. The van der Waals surface area contributed by atoms with Crippen molar-refractivity contribution in [3.05, 3.63) is 29.8 Å². The maximum absolute atomic E-state index is 12.2. The molecule has 1 aromatic carbocycles. The van der Waals surface area contributed by atoms with E-state index in [0.717, 1.165) is 6.54 Å². The number of morpholine rings is 1. The fourth-order valence-electron chi connectivity index (χ4n) is 2.56. The van der Waals surface area contributed by atoms with Gasteiger partial charge < -0.3 is 20.3 Å². The summed E-state index contributed by atoms with van der Waals surface area (Å²) in [5, 5.41) is 6.04. The van der Waals surface area contributed by atoms with Crippen LogP contribution in [0.5, 0.6) is 0 Å². The molecule has 0 saturated carbocycles. The fourth-order valence-corrected chi connectivity index (χ4v) is 2.56. The average Bonchev–Trinajstić information content (AvgIpc) is 2.57. The van der Waals surface area contributed by atoms with Crippen LogP contribution in [-0.2, 0) is 9.53 Å². The van der Waals surface area contributed by atoms with Crippen molar-refractivity contribution in [2.45, 2.75) is 26.4 Å². The molecule has 1 heterocycles. The van der Waals surface area contributed by atoms with Crippen molar-refractivity contribution in [1.29, 1.82) is 0 Å². The molecule has 24 heavy (non-hydrogen) atoms. The van der Waals surface area contributed by atoms with Gasteiger partial charge in [-0.2, -0.15) is 0 Å². The number of halogens is 1. The third-order valence-corrected chi connectivity index (χ3v) is 3.88. The minimum Gasteiger partial charge on any atom is -0.375 e. The van der Waals surface area contributed by atoms with E-state index in [1.165, 1.54) is 0 Å². The lowest BCUT2D eigenvalue weighted by Crippen LogP contribution is -2.40. The lowest BCUT2D eigenvalue weighted by Gasteiger charge is -2.23. The largest absolute Gasteiger partial charge is 0.375 e. The Labute approximate surface area is 149 Å². The maximum atomic E-state index is 12.2. The van der Waals surface area contributed by atoms with Gasteiger partial charge in [0.2, 0.25) is 5.91 Å². The van der Waals surface area contributed by atoms with E-state index in [4.69, 9.17) is 4.74 Å². The minimum atomic E-state index is -0.0819. The van der Waals surface area contributed by atoms with Crippen LogP contribution in [0.25, 0.3) is 0 Å². The molecule has 6 nitrogen and oxygen atoms in total. The predicted octanol–water partition coefficient (Wildman–Crippen LogP) is 1.91. The Bertz CT molecular complexity index is 526. The number of ether oxygens (including phenoxy) is 1. The van der Waals surface area contributed by atoms with Crippen LogP contribution in [0.2, 0.25) is 0 Å². The molecule has 1 aliphatic rings. The molecular formula is C17H26ClN3O3. The van der Waals surface area contributed by atoms with Crippen LogP contribution in [0, 0.1) is 0 Å². The highest BCUT2D eigenvalue weighted by molar-refractivity contribution is 5.95. The normalized spacial score (nSPS) is 16.8. The molecule has 1 saturated heterocycles. The van der Waals surface area contributed by atoms with Crippen molar-refractivity contribution in [1.82, 2.24) is 10.2 Å². The molecule has 1 aromatic rings. The summed E-state index contributed by atoms with van der Waals surface area (Å²) >= 11 is 0. The summed E-state index contributed by atoms with van der Waals surface area (Å²) in [7, 11) is 0. The van der Waals surface area contributed by atoms with Crippen molar-refractivity contribution in [2.75, 3.05) is 38.1 Å². The number of benzene rings is 1. The number of hydrogen-bond acceptors (Lipinski definition) is 4. The van der Waals surface area contributed by atoms with Crippen molar-refractivity contribution in [3.63, 3.8) is 0 Å². The van der Waals surface area contributed by atoms with Gasteiger partial charge in [0.1, 0.15) is 0 Å². The number of nitrogens with one attached hydrogen (secondary N) is 2. The highest BCUT2D eigenvalue weighted by Gasteiger charge is 2.17. The molecule has 7 heteroatoms. The molecule has 1 aliphatic heterocycles. The van der Waals surface area contributed by atoms with Crippen LogP contribution < -0.4 is 10.6 Å². The highest BCUT2D eigenvalue weighted by atomic mass is 35.5. The Morgan fingerprint density at radius 1 is 1.25 bits per heavy atom. The summed E-state index contributed by atoms with van der Waals surface area (Å²) in [4.78, 5) is 26.0. The molecule has 1 fully saturated rings. The summed E-state index contributed by atoms with van der Waals surface area (Å²) in [6.07, 6.45) is 0.250. The fraction of sp³-hybridized carbons (Fsp3) is 0.529. The Morgan fingerprint density at radius 3 is 2.46 bits per heavy atom. The average molecular weight is 356 g/mol. The molecule has 1 unspecified atom stereocenters. The summed E-state index contributed by atoms with van der Waals surface area (Å²) in [5.41, 5.74) is 1.32. The molecule has 1 atom stereocenters. The van der Waals surface area contributed by atoms with Gasteiger partial charge >= 0.3 is 0 Å². The zero-order valence-electron chi connectivity index (χ0n) is 14.2. The number of carbonyl (C=O) groups is 2. The van der Waals surface area contributed by atoms with E-state index in [-0.39, 0.29) is 30.3 Å². The minimum absolute atomic E-state index is 0. The molecule has 2 rings (SSSR count). The number of amides is 2. The Morgan fingerprint density at radius 2 is 1.92 bits per heavy atom. The molecule has 134 valence electrons. The summed E-state index contributed by atoms with van der Waals surface area (Å²) in [5.74, 6) is -0.0731. The standard InChI is InChI=1S/C17H25N3O3.ClH/c1-3-20(4-2)17(22)13-5-7-14(8-6-13)19-16(21)11-15-12-18-9-10-23-15;/h5-8,15,18H,3-4,9-12H2,1-2H3,(H,19,21);1H. The molecule has 2 amide bonds. The third-order valence-electron chi connectivity index (χ3n) is 3.88. The van der Waals surface area contributed by atoms with Crippen LogP contribution in [-0.4, -0.2) is 55.6 Å². The van der Waals surface area contributed by atoms with E-state index >= 15 is 0 Å². The first-order valence-electron chi connectivity index (χ1n) is 8.15. The van der Waals surface area contributed by atoms with E-state index in [2.05, 4.69) is 10.6 Å². The van der Waals surface area contributed by atoms with Crippen molar-refractivity contribution in [2.24, 2.45) is 0 Å². The summed E-state index contributed by atoms with van der Waals surface area (Å²) in [6, 6.07) is 7.01. The second kappa shape index (κ2) is 10.3. The number of nitrogens with zero attached hydrogens (tertiary/aromatic N) is 1. The molecule has 0 bridgehead atoms. The van der Waals surface area contributed by atoms with Gasteiger partial charge in [-0.15, -0.1) is 12.4 Å². The summed E-state index contributed by atoms with van der Waals surface area (Å²) < 4.78 is 5.51. The van der Waals surface area contributed by atoms with Gasteiger partial charge in [0.05, 0.1) is 19.1 Å². The van der Waals surface area contributed by atoms with Crippen molar-refractivity contribution >= 4 is 29.9 Å². The van der Waals surface area contributed by atoms with Crippen LogP contribution >= 0.6 is 12.4 Å². The molecule has 0 aromatic heterocycles. The van der Waals surface area contributed by atoms with Crippen LogP contribution in [0.15, 0.2) is 24.3 Å². The SMILES string of the molecule is CCN(CC)C(=O)c1ccc(NC(=O)CC2CNCCO2)cc1.Cl. The molecule has 2 N–H and O–H groups in total. The second-order valence-corrected chi connectivity index (χ2v) is 5.50. The Kier molecular flexibility index (Phi) is 8.74. The van der Waals surface area contributed by atoms with Gasteiger partial charge in [0, 0.05) is 37.4 Å². The Hall–Kier alpha value is -1.63. The van der Waals surface area contributed by atoms with E-state index < -0.39 is 0 Å². The van der Waals surface area contributed by atoms with Gasteiger partial charge in [-0.3, -0.25) is 9.59 Å². The zero-order valence-corrected chi connectivity index (χ0v) is 15.0. The van der Waals surface area contributed by atoms with Gasteiger partial charge in [0.25, 0.3) is 5.91 Å². The van der Waals surface area contributed by atoms with Gasteiger partial charge in [0.15, 0.2) is 0 Å². The van der Waals surface area contributed by atoms with Gasteiger partial charge in [-0.1, -0.05) is 0 Å². The second-order valence-electron chi connectivity index (χ2n) is 5.50. The number of carbonyl (C=O) groups excluding carboxylic acids is 2. The maximum Gasteiger partial charge on any atom is 0.253 e. The number of rotatable bonds is 6. The van der Waals surface area contributed by atoms with Crippen LogP contribution in [0.1, 0.15) is 30.6 Å². The van der Waals surface area contributed by atoms with Crippen molar-refractivity contribution in [3.8, 4) is 0 Å². The van der Waals surface area contributed by atoms with E-state index in [1.54, 1.807) is 29.2 Å². The smallest absolute Gasteiger partial charge is 0.253 e. The van der Waals surface area contributed by atoms with E-state index in [0.29, 0.717) is 43.9 Å². The number of hydrogen-bond donors (Lipinski definition) is 2. The molecular weight excluding hydrogens is 330 g/mol. The first kappa shape index (κ1) is 20.4. The number of anilines is 1. The van der Waals surface area contributed by atoms with E-state index in [9.17, 15) is 9.59 Å². The summed E-state index contributed by atoms with van der Waals surface area (Å²) in [6.45, 7) is 7.45. The van der Waals surface area contributed by atoms with E-state index in [1.807, 2.05) is 13.8 Å². The zero-order chi connectivity index (χ0) is 16.7. The van der Waals surface area contributed by atoms with Crippen molar-refractivity contribution < 1.29 is 14.3 Å². The van der Waals surface area contributed by atoms with Gasteiger partial charge in [-0.25, -0.2) is 0 Å².